The summed E-state index contributed by atoms with van der Waals surface area (Å²) in [6.07, 6.45) is 19.0. The summed E-state index contributed by atoms with van der Waals surface area (Å²) in [5.74, 6) is -0.441. The summed E-state index contributed by atoms with van der Waals surface area (Å²) in [5, 5.41) is 6.06. The van der Waals surface area contributed by atoms with E-state index < -0.39 is 5.91 Å². The Labute approximate surface area is 135 Å². The Hall–Kier alpha value is -3.27. The lowest BCUT2D eigenvalue weighted by atomic mass is 9.89. The molecule has 0 spiro atoms. The van der Waals surface area contributed by atoms with Crippen molar-refractivity contribution in [1.82, 2.24) is 10.6 Å². The topological polar surface area (TPSA) is 67.2 Å². The third-order valence-corrected chi connectivity index (χ3v) is 3.58. The molecule has 0 radical (unpaired) electrons. The number of hydrogen-bond donors (Lipinski definition) is 3. The first kappa shape index (κ1) is 14.7. The van der Waals surface area contributed by atoms with Gasteiger partial charge in [-0.1, -0.05) is 24.3 Å². The van der Waals surface area contributed by atoms with E-state index in [0.29, 0.717) is 5.56 Å². The van der Waals surface area contributed by atoms with Crippen LogP contribution >= 0.6 is 0 Å². The van der Waals surface area contributed by atoms with Crippen LogP contribution < -0.4 is 16.4 Å². The number of nitrogens with two attached hydrogens (primary N) is 1. The molecule has 0 unspecified atom stereocenters. The van der Waals surface area contributed by atoms with Crippen molar-refractivity contribution in [1.29, 1.82) is 0 Å². The van der Waals surface area contributed by atoms with Crippen LogP contribution in [-0.2, 0) is 0 Å². The van der Waals surface area contributed by atoms with Crippen molar-refractivity contribution < 1.29 is 4.79 Å². The monoisotopic (exact) mass is 303 g/mol. The molecule has 0 aromatic heterocycles. The minimum atomic E-state index is -0.441. The van der Waals surface area contributed by atoms with E-state index in [-0.39, 0.29) is 0 Å². The molecule has 0 aliphatic carbocycles. The van der Waals surface area contributed by atoms with E-state index in [9.17, 15) is 4.79 Å². The van der Waals surface area contributed by atoms with Gasteiger partial charge in [-0.15, -0.1) is 0 Å². The normalized spacial score (nSPS) is 15.8. The Morgan fingerprint density at radius 1 is 0.870 bits per heavy atom. The smallest absolute Gasteiger partial charge is 0.249 e. The van der Waals surface area contributed by atoms with E-state index in [1.807, 2.05) is 73.4 Å². The van der Waals surface area contributed by atoms with Gasteiger partial charge in [0.25, 0.3) is 0 Å². The molecule has 0 saturated heterocycles. The number of allylic oxidation sites excluding steroid dienone is 8. The quantitative estimate of drug-likeness (QED) is 0.804. The molecule has 1 aromatic rings. The number of hydrogen-bond acceptors (Lipinski definition) is 3. The van der Waals surface area contributed by atoms with Gasteiger partial charge in [-0.05, 0) is 47.1 Å². The molecule has 2 heterocycles. The Morgan fingerprint density at radius 2 is 1.52 bits per heavy atom. The third-order valence-electron chi connectivity index (χ3n) is 3.58. The highest BCUT2D eigenvalue weighted by Gasteiger charge is 2.17. The van der Waals surface area contributed by atoms with Gasteiger partial charge in [0, 0.05) is 35.9 Å². The van der Waals surface area contributed by atoms with E-state index in [1.54, 1.807) is 6.07 Å². The molecule has 0 saturated carbocycles. The van der Waals surface area contributed by atoms with Gasteiger partial charge < -0.3 is 16.4 Å². The fourth-order valence-corrected chi connectivity index (χ4v) is 2.57. The second-order valence-electron chi connectivity index (χ2n) is 5.05. The summed E-state index contributed by atoms with van der Waals surface area (Å²) >= 11 is 0. The van der Waals surface area contributed by atoms with Gasteiger partial charge in [-0.2, -0.15) is 0 Å². The van der Waals surface area contributed by atoms with E-state index >= 15 is 0 Å². The zero-order chi connectivity index (χ0) is 16.1. The Kier molecular flexibility index (Phi) is 4.25. The van der Waals surface area contributed by atoms with Crippen LogP contribution in [0.1, 0.15) is 21.5 Å². The molecule has 114 valence electrons. The van der Waals surface area contributed by atoms with E-state index in [2.05, 4.69) is 10.6 Å². The molecule has 1 aromatic carbocycles. The minimum absolute atomic E-state index is 0.441. The highest BCUT2D eigenvalue weighted by Crippen LogP contribution is 2.31. The van der Waals surface area contributed by atoms with Crippen molar-refractivity contribution >= 4 is 17.1 Å². The van der Waals surface area contributed by atoms with Crippen LogP contribution in [0.3, 0.4) is 0 Å². The molecular formula is C19H17N3O. The van der Waals surface area contributed by atoms with Crippen LogP contribution in [0.2, 0.25) is 0 Å². The first-order valence-corrected chi connectivity index (χ1v) is 7.30. The summed E-state index contributed by atoms with van der Waals surface area (Å²) in [7, 11) is 0. The average Bonchev–Trinajstić information content (AvgIpc) is 2.99. The summed E-state index contributed by atoms with van der Waals surface area (Å²) in [6.45, 7) is 0. The molecule has 4 heteroatoms. The highest BCUT2D eigenvalue weighted by molar-refractivity contribution is 6.02. The highest BCUT2D eigenvalue weighted by atomic mass is 16.1. The van der Waals surface area contributed by atoms with Gasteiger partial charge in [0.05, 0.1) is 0 Å². The molecule has 4 nitrogen and oxygen atoms in total. The molecular weight excluding hydrogens is 286 g/mol. The second kappa shape index (κ2) is 6.66. The summed E-state index contributed by atoms with van der Waals surface area (Å²) < 4.78 is 0. The van der Waals surface area contributed by atoms with Gasteiger partial charge in [0.15, 0.2) is 0 Å². The molecule has 2 aliphatic heterocycles. The molecule has 0 atom stereocenters. The zero-order valence-electron chi connectivity index (χ0n) is 12.5. The molecule has 3 rings (SSSR count). The maximum atomic E-state index is 11.9. The van der Waals surface area contributed by atoms with Crippen molar-refractivity contribution in [2.45, 2.75) is 0 Å². The number of carbonyl (C=O) groups is 1. The van der Waals surface area contributed by atoms with E-state index in [4.69, 9.17) is 5.73 Å². The lowest BCUT2D eigenvalue weighted by Gasteiger charge is -2.14. The molecule has 4 N–H and O–H groups in total. The predicted octanol–water partition coefficient (Wildman–Crippen LogP) is 2.81. The summed E-state index contributed by atoms with van der Waals surface area (Å²) in [5.41, 5.74) is 9.81. The van der Waals surface area contributed by atoms with Crippen LogP contribution in [0.25, 0.3) is 11.1 Å². The van der Waals surface area contributed by atoms with Crippen LogP contribution in [0.15, 0.2) is 79.5 Å². The van der Waals surface area contributed by atoms with Crippen LogP contribution in [0.5, 0.6) is 0 Å². The number of carbonyl (C=O) groups excluding carboxylic acids is 1. The largest absolute Gasteiger partial charge is 0.368 e. The van der Waals surface area contributed by atoms with Crippen LogP contribution in [0.4, 0.5) is 0 Å². The number of benzene rings is 1. The van der Waals surface area contributed by atoms with Gasteiger partial charge in [-0.3, -0.25) is 4.79 Å². The summed E-state index contributed by atoms with van der Waals surface area (Å²) in [4.78, 5) is 11.9. The van der Waals surface area contributed by atoms with Crippen molar-refractivity contribution in [2.75, 3.05) is 0 Å². The van der Waals surface area contributed by atoms with Crippen LogP contribution in [-0.4, -0.2) is 5.91 Å². The maximum absolute atomic E-state index is 11.9. The fraction of sp³-hybridized carbons (Fsp3) is 0. The van der Waals surface area contributed by atoms with Crippen molar-refractivity contribution in [3.63, 3.8) is 0 Å². The lowest BCUT2D eigenvalue weighted by molar-refractivity contribution is 0.1000. The Morgan fingerprint density at radius 3 is 2.22 bits per heavy atom. The third kappa shape index (κ3) is 3.16. The first-order valence-electron chi connectivity index (χ1n) is 7.30. The van der Waals surface area contributed by atoms with Gasteiger partial charge >= 0.3 is 0 Å². The summed E-state index contributed by atoms with van der Waals surface area (Å²) in [6, 6.07) is 5.60. The van der Waals surface area contributed by atoms with Crippen molar-refractivity contribution in [3.05, 3.63) is 96.1 Å². The van der Waals surface area contributed by atoms with E-state index in [1.165, 1.54) is 0 Å². The van der Waals surface area contributed by atoms with E-state index in [0.717, 1.165) is 22.3 Å². The van der Waals surface area contributed by atoms with Crippen LogP contribution in [0, 0.1) is 0 Å². The van der Waals surface area contributed by atoms with Gasteiger partial charge in [0.1, 0.15) is 0 Å². The average molecular weight is 303 g/mol. The second-order valence-corrected chi connectivity index (χ2v) is 5.05. The molecule has 1 amide bonds. The van der Waals surface area contributed by atoms with Gasteiger partial charge in [-0.25, -0.2) is 0 Å². The predicted molar refractivity (Wildman–Crippen MR) is 93.7 cm³/mol. The van der Waals surface area contributed by atoms with Gasteiger partial charge in [0.2, 0.25) is 5.91 Å². The van der Waals surface area contributed by atoms with Crippen molar-refractivity contribution in [3.8, 4) is 0 Å². The maximum Gasteiger partial charge on any atom is 0.249 e. The minimum Gasteiger partial charge on any atom is -0.368 e. The molecule has 0 fully saturated rings. The Bertz CT molecular complexity index is 808. The lowest BCUT2D eigenvalue weighted by Crippen LogP contribution is -2.14. The molecule has 2 aliphatic rings. The number of primary amides is 1. The fourth-order valence-electron chi connectivity index (χ4n) is 2.57. The number of amides is 1. The Balaban J connectivity index is 2.24. The SMILES string of the molecule is NC(=O)c1cccc(C2=CC=CNC=C2)c1C1=CC=CNC=C1. The standard InChI is InChI=1S/C19H17N3O/c20-19(23)17-7-1-6-16(14-4-2-10-21-12-8-14)18(17)15-5-3-11-22-13-9-15/h1-13,21-22H,(H2,20,23). The molecule has 0 bridgehead atoms. The van der Waals surface area contributed by atoms with Crippen molar-refractivity contribution in [2.24, 2.45) is 5.73 Å². The first-order chi connectivity index (χ1) is 11.3. The number of nitrogens with one attached hydrogen (secondary N) is 2. The zero-order valence-corrected chi connectivity index (χ0v) is 12.5. The number of rotatable bonds is 3. The molecule has 23 heavy (non-hydrogen) atoms.